The number of carbonyl (C=O) groups excluding carboxylic acids is 1. The number of piperidine rings is 1. The minimum absolute atomic E-state index is 0.00111. The molecule has 1 amide bonds. The van der Waals surface area contributed by atoms with Crippen LogP contribution in [0.25, 0.3) is 0 Å². The van der Waals surface area contributed by atoms with Crippen molar-refractivity contribution < 1.29 is 14.7 Å². The van der Waals surface area contributed by atoms with Crippen LogP contribution < -0.4 is 10.2 Å². The third-order valence-corrected chi connectivity index (χ3v) is 4.15. The van der Waals surface area contributed by atoms with E-state index in [9.17, 15) is 9.59 Å². The van der Waals surface area contributed by atoms with Gasteiger partial charge >= 0.3 is 5.97 Å². The second-order valence-electron chi connectivity index (χ2n) is 5.74. The molecule has 22 heavy (non-hydrogen) atoms. The Hall–Kier alpha value is -2.04. The normalized spacial score (nSPS) is 18.0. The van der Waals surface area contributed by atoms with E-state index in [-0.39, 0.29) is 18.7 Å². The van der Waals surface area contributed by atoms with Crippen molar-refractivity contribution in [2.45, 2.75) is 51.5 Å². The predicted molar refractivity (Wildman–Crippen MR) is 87.2 cm³/mol. The van der Waals surface area contributed by atoms with Gasteiger partial charge in [-0.25, -0.2) is 0 Å². The van der Waals surface area contributed by atoms with Gasteiger partial charge in [-0.3, -0.25) is 9.59 Å². The van der Waals surface area contributed by atoms with Crippen molar-refractivity contribution in [3.05, 3.63) is 24.3 Å². The lowest BCUT2D eigenvalue weighted by Crippen LogP contribution is -2.39. The molecule has 0 aromatic heterocycles. The van der Waals surface area contributed by atoms with Crippen molar-refractivity contribution in [3.8, 4) is 0 Å². The zero-order valence-electron chi connectivity index (χ0n) is 13.0. The fourth-order valence-corrected chi connectivity index (χ4v) is 2.95. The summed E-state index contributed by atoms with van der Waals surface area (Å²) >= 11 is 0. The third kappa shape index (κ3) is 4.48. The maximum Gasteiger partial charge on any atom is 0.303 e. The van der Waals surface area contributed by atoms with Gasteiger partial charge in [0.1, 0.15) is 0 Å². The molecule has 1 aliphatic heterocycles. The zero-order chi connectivity index (χ0) is 15.9. The number of nitrogens with zero attached hydrogens (tertiary/aromatic N) is 1. The van der Waals surface area contributed by atoms with Crippen molar-refractivity contribution in [1.29, 1.82) is 0 Å². The van der Waals surface area contributed by atoms with Crippen LogP contribution in [0.15, 0.2) is 24.3 Å². The van der Waals surface area contributed by atoms with E-state index in [2.05, 4.69) is 17.1 Å². The van der Waals surface area contributed by atoms with E-state index >= 15 is 0 Å². The highest BCUT2D eigenvalue weighted by atomic mass is 16.4. The average molecular weight is 304 g/mol. The molecule has 0 aliphatic carbocycles. The zero-order valence-corrected chi connectivity index (χ0v) is 13.0. The molecular weight excluding hydrogens is 280 g/mol. The number of nitrogens with one attached hydrogen (secondary N) is 1. The number of carboxylic acids is 1. The van der Waals surface area contributed by atoms with Crippen LogP contribution in [0.4, 0.5) is 11.4 Å². The summed E-state index contributed by atoms with van der Waals surface area (Å²) in [6.45, 7) is 3.31. The van der Waals surface area contributed by atoms with Crippen LogP contribution in [0.1, 0.15) is 45.4 Å². The highest BCUT2D eigenvalue weighted by molar-refractivity contribution is 5.92. The lowest BCUT2D eigenvalue weighted by molar-refractivity contribution is -0.138. The van der Waals surface area contributed by atoms with Crippen molar-refractivity contribution in [2.24, 2.45) is 0 Å². The molecule has 5 nitrogen and oxygen atoms in total. The highest BCUT2D eigenvalue weighted by Crippen LogP contribution is 2.27. The number of anilines is 2. The number of rotatable bonds is 6. The van der Waals surface area contributed by atoms with E-state index < -0.39 is 5.97 Å². The molecule has 0 spiro atoms. The number of aliphatic carboxylic acids is 1. The molecule has 1 heterocycles. The lowest BCUT2D eigenvalue weighted by Gasteiger charge is -2.37. The summed E-state index contributed by atoms with van der Waals surface area (Å²) in [6.07, 6.45) is 4.77. The van der Waals surface area contributed by atoms with E-state index in [1.54, 1.807) is 0 Å². The Balaban J connectivity index is 1.94. The fourth-order valence-electron chi connectivity index (χ4n) is 2.95. The predicted octanol–water partition coefficient (Wildman–Crippen LogP) is 3.26. The maximum atomic E-state index is 11.6. The van der Waals surface area contributed by atoms with E-state index in [1.807, 2.05) is 24.3 Å². The van der Waals surface area contributed by atoms with Gasteiger partial charge in [0.25, 0.3) is 0 Å². The Morgan fingerprint density at radius 3 is 2.59 bits per heavy atom. The van der Waals surface area contributed by atoms with Gasteiger partial charge in [0.05, 0.1) is 6.42 Å². The van der Waals surface area contributed by atoms with Gasteiger partial charge in [-0.05, 0) is 49.9 Å². The first-order valence-electron chi connectivity index (χ1n) is 7.98. The van der Waals surface area contributed by atoms with Crippen molar-refractivity contribution in [3.63, 3.8) is 0 Å². The van der Waals surface area contributed by atoms with Crippen molar-refractivity contribution in [2.75, 3.05) is 16.8 Å². The first-order chi connectivity index (χ1) is 10.6. The minimum atomic E-state index is -0.957. The molecule has 5 heteroatoms. The molecule has 1 aromatic rings. The fraction of sp³-hybridized carbons (Fsp3) is 0.529. The number of benzene rings is 1. The van der Waals surface area contributed by atoms with Crippen molar-refractivity contribution in [1.82, 2.24) is 0 Å². The molecule has 0 radical (unpaired) electrons. The molecule has 1 atom stereocenters. The standard InChI is InChI=1S/C17H24N2O3/c1-2-14-5-3-4-12-19(14)15-8-6-13(7-9-15)18-16(20)10-11-17(21)22/h6-9,14H,2-5,10-12H2,1H3,(H,18,20)(H,21,22)/t14-/m1/s1. The Bertz CT molecular complexity index is 513. The Morgan fingerprint density at radius 2 is 1.95 bits per heavy atom. The number of amides is 1. The molecule has 120 valence electrons. The van der Waals surface area contributed by atoms with Gasteiger partial charge in [0.2, 0.25) is 5.91 Å². The van der Waals surface area contributed by atoms with E-state index in [1.165, 1.54) is 24.9 Å². The number of carbonyl (C=O) groups is 2. The molecule has 1 aromatic carbocycles. The monoisotopic (exact) mass is 304 g/mol. The van der Waals surface area contributed by atoms with Gasteiger partial charge in [0, 0.05) is 30.4 Å². The van der Waals surface area contributed by atoms with E-state index in [0.717, 1.165) is 13.0 Å². The smallest absolute Gasteiger partial charge is 0.303 e. The van der Waals surface area contributed by atoms with Gasteiger partial charge in [-0.2, -0.15) is 0 Å². The molecule has 1 aliphatic rings. The first kappa shape index (κ1) is 16.3. The summed E-state index contributed by atoms with van der Waals surface area (Å²) in [5, 5.41) is 11.3. The first-order valence-corrected chi connectivity index (χ1v) is 7.98. The number of hydrogen-bond donors (Lipinski definition) is 2. The molecule has 1 fully saturated rings. The summed E-state index contributed by atoms with van der Waals surface area (Å²) in [6, 6.07) is 8.43. The van der Waals surface area contributed by atoms with Crippen LogP contribution in [0, 0.1) is 0 Å². The second kappa shape index (κ2) is 7.82. The van der Waals surface area contributed by atoms with Crippen LogP contribution in [0.5, 0.6) is 0 Å². The van der Waals surface area contributed by atoms with Crippen LogP contribution in [-0.2, 0) is 9.59 Å². The Morgan fingerprint density at radius 1 is 1.23 bits per heavy atom. The summed E-state index contributed by atoms with van der Waals surface area (Å²) in [4.78, 5) is 24.5. The molecule has 2 rings (SSSR count). The summed E-state index contributed by atoms with van der Waals surface area (Å²) in [5.41, 5.74) is 1.90. The SMILES string of the molecule is CC[C@@H]1CCCCN1c1ccc(NC(=O)CCC(=O)O)cc1. The van der Waals surface area contributed by atoms with Gasteiger partial charge in [0.15, 0.2) is 0 Å². The summed E-state index contributed by atoms with van der Waals surface area (Å²) in [7, 11) is 0. The quantitative estimate of drug-likeness (QED) is 0.846. The summed E-state index contributed by atoms with van der Waals surface area (Å²) < 4.78 is 0. The van der Waals surface area contributed by atoms with E-state index in [4.69, 9.17) is 5.11 Å². The van der Waals surface area contributed by atoms with Crippen LogP contribution in [0.3, 0.4) is 0 Å². The molecule has 2 N–H and O–H groups in total. The molecule has 0 bridgehead atoms. The van der Waals surface area contributed by atoms with Gasteiger partial charge in [-0.1, -0.05) is 6.92 Å². The molecule has 1 saturated heterocycles. The molecular formula is C17H24N2O3. The highest BCUT2D eigenvalue weighted by Gasteiger charge is 2.20. The molecule has 0 unspecified atom stereocenters. The Labute approximate surface area is 131 Å². The van der Waals surface area contributed by atoms with Gasteiger partial charge < -0.3 is 15.3 Å². The number of hydrogen-bond acceptors (Lipinski definition) is 3. The maximum absolute atomic E-state index is 11.6. The van der Waals surface area contributed by atoms with Crippen LogP contribution >= 0.6 is 0 Å². The topological polar surface area (TPSA) is 69.6 Å². The minimum Gasteiger partial charge on any atom is -0.481 e. The van der Waals surface area contributed by atoms with E-state index in [0.29, 0.717) is 11.7 Å². The Kier molecular flexibility index (Phi) is 5.81. The molecule has 0 saturated carbocycles. The van der Waals surface area contributed by atoms with Crippen LogP contribution in [-0.4, -0.2) is 29.6 Å². The second-order valence-corrected chi connectivity index (χ2v) is 5.74. The average Bonchev–Trinajstić information content (AvgIpc) is 2.53. The van der Waals surface area contributed by atoms with Gasteiger partial charge in [-0.15, -0.1) is 0 Å². The summed E-state index contributed by atoms with van der Waals surface area (Å²) in [5.74, 6) is -1.22. The largest absolute Gasteiger partial charge is 0.481 e. The number of carboxylic acid groups (broad SMARTS) is 1. The third-order valence-electron chi connectivity index (χ3n) is 4.15. The van der Waals surface area contributed by atoms with Crippen LogP contribution in [0.2, 0.25) is 0 Å². The van der Waals surface area contributed by atoms with Crippen molar-refractivity contribution >= 4 is 23.3 Å². The lowest BCUT2D eigenvalue weighted by atomic mass is 9.99.